The van der Waals surface area contributed by atoms with Crippen molar-refractivity contribution in [2.24, 2.45) is 0 Å². The van der Waals surface area contributed by atoms with Crippen molar-refractivity contribution < 1.29 is 4.79 Å². The molecule has 5 nitrogen and oxygen atoms in total. The Balaban J connectivity index is 1.66. The number of aromatic nitrogens is 2. The number of thiophene rings is 1. The Hall–Kier alpha value is -1.84. The minimum Gasteiger partial charge on any atom is -0.317 e. The van der Waals surface area contributed by atoms with Gasteiger partial charge in [-0.05, 0) is 38.2 Å². The maximum Gasteiger partial charge on any atom is 0.226 e. The van der Waals surface area contributed by atoms with E-state index in [9.17, 15) is 10.1 Å². The van der Waals surface area contributed by atoms with Gasteiger partial charge in [0.05, 0.1) is 16.3 Å². The first-order valence-corrected chi connectivity index (χ1v) is 8.82. The molecule has 120 valence electrons. The van der Waals surface area contributed by atoms with Gasteiger partial charge in [-0.15, -0.1) is 11.3 Å². The van der Waals surface area contributed by atoms with E-state index in [-0.39, 0.29) is 5.91 Å². The highest BCUT2D eigenvalue weighted by Crippen LogP contribution is 2.37. The topological polar surface area (TPSA) is 70.7 Å². The van der Waals surface area contributed by atoms with Gasteiger partial charge in [-0.25, -0.2) is 0 Å². The van der Waals surface area contributed by atoms with E-state index in [0.29, 0.717) is 28.6 Å². The molecule has 2 aromatic heterocycles. The number of hydrogen-bond donors (Lipinski definition) is 1. The van der Waals surface area contributed by atoms with E-state index < -0.39 is 0 Å². The largest absolute Gasteiger partial charge is 0.317 e. The van der Waals surface area contributed by atoms with Crippen molar-refractivity contribution in [3.63, 3.8) is 0 Å². The molecule has 3 rings (SSSR count). The number of hydrogen-bond acceptors (Lipinski definition) is 4. The third-order valence-electron chi connectivity index (χ3n) is 3.99. The molecule has 1 N–H and O–H groups in total. The summed E-state index contributed by atoms with van der Waals surface area (Å²) < 4.78 is 1.67. The molecule has 0 saturated carbocycles. The van der Waals surface area contributed by atoms with E-state index in [2.05, 4.69) is 16.5 Å². The summed E-state index contributed by atoms with van der Waals surface area (Å²) in [6.07, 6.45) is 6.24. The van der Waals surface area contributed by atoms with Gasteiger partial charge in [0.15, 0.2) is 0 Å². The third kappa shape index (κ3) is 3.41. The predicted octanol–water partition coefficient (Wildman–Crippen LogP) is 3.69. The molecule has 0 unspecified atom stereocenters. The van der Waals surface area contributed by atoms with E-state index in [1.807, 2.05) is 6.92 Å². The highest BCUT2D eigenvalue weighted by molar-refractivity contribution is 7.16. The number of nitrogens with zero attached hydrogens (tertiary/aromatic N) is 3. The second kappa shape index (κ2) is 6.73. The van der Waals surface area contributed by atoms with Crippen molar-refractivity contribution in [1.82, 2.24) is 9.78 Å². The number of nitrogens with one attached hydrogen (secondary N) is 1. The first-order valence-electron chi connectivity index (χ1n) is 7.62. The first-order chi connectivity index (χ1) is 11.1. The second-order valence-corrected chi connectivity index (χ2v) is 7.16. The van der Waals surface area contributed by atoms with E-state index in [4.69, 9.17) is 11.6 Å². The summed E-state index contributed by atoms with van der Waals surface area (Å²) in [5, 5.41) is 17.8. The number of fused-ring (bicyclic) bond motifs is 1. The molecule has 2 aromatic rings. The molecule has 1 amide bonds. The van der Waals surface area contributed by atoms with Crippen LogP contribution in [0.1, 0.15) is 41.0 Å². The third-order valence-corrected chi connectivity index (χ3v) is 5.57. The number of carbonyl (C=O) groups excluding carboxylic acids is 1. The monoisotopic (exact) mass is 348 g/mol. The van der Waals surface area contributed by atoms with E-state index >= 15 is 0 Å². The van der Waals surface area contributed by atoms with E-state index in [0.717, 1.165) is 36.9 Å². The summed E-state index contributed by atoms with van der Waals surface area (Å²) >= 11 is 7.50. The van der Waals surface area contributed by atoms with Crippen LogP contribution < -0.4 is 5.32 Å². The summed E-state index contributed by atoms with van der Waals surface area (Å²) in [5.74, 6) is -0.107. The lowest BCUT2D eigenvalue weighted by molar-refractivity contribution is -0.116. The quantitative estimate of drug-likeness (QED) is 0.916. The van der Waals surface area contributed by atoms with Crippen LogP contribution in [0.25, 0.3) is 0 Å². The van der Waals surface area contributed by atoms with Crippen molar-refractivity contribution in [3.05, 3.63) is 32.9 Å². The van der Waals surface area contributed by atoms with Gasteiger partial charge in [0.25, 0.3) is 0 Å². The van der Waals surface area contributed by atoms with Crippen LogP contribution in [0.4, 0.5) is 5.00 Å². The molecule has 0 saturated heterocycles. The van der Waals surface area contributed by atoms with Crippen LogP contribution in [-0.4, -0.2) is 15.7 Å². The zero-order valence-electron chi connectivity index (χ0n) is 12.9. The molecule has 23 heavy (non-hydrogen) atoms. The second-order valence-electron chi connectivity index (χ2n) is 5.65. The molecule has 2 heterocycles. The Kier molecular flexibility index (Phi) is 4.69. The normalized spacial score (nSPS) is 13.4. The molecule has 0 atom stereocenters. The van der Waals surface area contributed by atoms with Crippen LogP contribution in [0.2, 0.25) is 5.02 Å². The maximum absolute atomic E-state index is 12.2. The van der Waals surface area contributed by atoms with Crippen molar-refractivity contribution in [2.75, 3.05) is 5.32 Å². The van der Waals surface area contributed by atoms with E-state index in [1.165, 1.54) is 4.88 Å². The summed E-state index contributed by atoms with van der Waals surface area (Å²) in [4.78, 5) is 13.4. The molecule has 1 aliphatic carbocycles. The van der Waals surface area contributed by atoms with Crippen molar-refractivity contribution >= 4 is 33.8 Å². The van der Waals surface area contributed by atoms with Crippen LogP contribution in [0.15, 0.2) is 6.20 Å². The number of nitriles is 1. The Labute approximate surface area is 143 Å². The van der Waals surface area contributed by atoms with Gasteiger partial charge in [0.1, 0.15) is 11.1 Å². The number of anilines is 1. The zero-order chi connectivity index (χ0) is 16.4. The highest BCUT2D eigenvalue weighted by atomic mass is 35.5. The van der Waals surface area contributed by atoms with Crippen LogP contribution in [-0.2, 0) is 24.2 Å². The molecule has 1 aliphatic rings. The Bertz CT molecular complexity index is 767. The molecule has 0 aliphatic heterocycles. The van der Waals surface area contributed by atoms with Gasteiger partial charge in [0.2, 0.25) is 5.91 Å². The van der Waals surface area contributed by atoms with Crippen molar-refractivity contribution in [2.45, 2.75) is 45.6 Å². The van der Waals surface area contributed by atoms with Crippen LogP contribution >= 0.6 is 22.9 Å². The number of amides is 1. The molecule has 0 bridgehead atoms. The number of halogens is 1. The van der Waals surface area contributed by atoms with Gasteiger partial charge in [-0.1, -0.05) is 11.6 Å². The lowest BCUT2D eigenvalue weighted by Gasteiger charge is -2.09. The van der Waals surface area contributed by atoms with Gasteiger partial charge in [-0.2, -0.15) is 10.4 Å². The number of rotatable bonds is 4. The van der Waals surface area contributed by atoms with Crippen LogP contribution in [0.5, 0.6) is 0 Å². The smallest absolute Gasteiger partial charge is 0.226 e. The van der Waals surface area contributed by atoms with Gasteiger partial charge in [0, 0.05) is 24.0 Å². The fourth-order valence-corrected chi connectivity index (χ4v) is 4.19. The minimum atomic E-state index is -0.107. The molecular weight excluding hydrogens is 332 g/mol. The van der Waals surface area contributed by atoms with Crippen molar-refractivity contribution in [3.8, 4) is 6.07 Å². The van der Waals surface area contributed by atoms with Crippen molar-refractivity contribution in [1.29, 1.82) is 5.26 Å². The van der Waals surface area contributed by atoms with Crippen LogP contribution in [0, 0.1) is 18.3 Å². The SMILES string of the molecule is Cc1nn(CCC(=O)Nc2sc3c(c2C#N)CCCC3)cc1Cl. The summed E-state index contributed by atoms with van der Waals surface area (Å²) in [6.45, 7) is 2.29. The minimum absolute atomic E-state index is 0.107. The zero-order valence-corrected chi connectivity index (χ0v) is 14.4. The van der Waals surface area contributed by atoms with Gasteiger partial charge < -0.3 is 5.32 Å². The lowest BCUT2D eigenvalue weighted by atomic mass is 9.96. The molecule has 0 aromatic carbocycles. The average Bonchev–Trinajstić information content (AvgIpc) is 3.04. The maximum atomic E-state index is 12.2. The fraction of sp³-hybridized carbons (Fsp3) is 0.438. The van der Waals surface area contributed by atoms with Gasteiger partial charge >= 0.3 is 0 Å². The fourth-order valence-electron chi connectivity index (χ4n) is 2.79. The molecule has 0 radical (unpaired) electrons. The lowest BCUT2D eigenvalue weighted by Crippen LogP contribution is -2.14. The molecule has 7 heteroatoms. The van der Waals surface area contributed by atoms with Crippen LogP contribution in [0.3, 0.4) is 0 Å². The highest BCUT2D eigenvalue weighted by Gasteiger charge is 2.21. The number of carbonyl (C=O) groups is 1. The molecule has 0 fully saturated rings. The Morgan fingerprint density at radius 2 is 2.30 bits per heavy atom. The Morgan fingerprint density at radius 1 is 1.52 bits per heavy atom. The predicted molar refractivity (Wildman–Crippen MR) is 90.9 cm³/mol. The first kappa shape index (κ1) is 16.0. The van der Waals surface area contributed by atoms with Gasteiger partial charge in [-0.3, -0.25) is 9.48 Å². The summed E-state index contributed by atoms with van der Waals surface area (Å²) in [5.41, 5.74) is 2.54. The number of aryl methyl sites for hydroxylation is 3. The molecular formula is C16H17ClN4OS. The average molecular weight is 349 g/mol. The molecule has 0 spiro atoms. The standard InChI is InChI=1S/C16H17ClN4OS/c1-10-13(17)9-21(20-10)7-6-15(22)19-16-12(8-18)11-4-2-3-5-14(11)23-16/h9H,2-7H2,1H3,(H,19,22). The summed E-state index contributed by atoms with van der Waals surface area (Å²) in [6, 6.07) is 2.25. The summed E-state index contributed by atoms with van der Waals surface area (Å²) in [7, 11) is 0. The van der Waals surface area contributed by atoms with E-state index in [1.54, 1.807) is 22.2 Å². The Morgan fingerprint density at radius 3 is 3.00 bits per heavy atom.